The molecule has 0 unspecified atom stereocenters. The Hall–Kier alpha value is -2.35. The second-order valence-electron chi connectivity index (χ2n) is 6.64. The van der Waals surface area contributed by atoms with Crippen molar-refractivity contribution in [1.29, 1.82) is 0 Å². The van der Waals surface area contributed by atoms with E-state index in [2.05, 4.69) is 15.3 Å². The number of amides is 1. The van der Waals surface area contributed by atoms with Gasteiger partial charge in [0.1, 0.15) is 10.7 Å². The van der Waals surface area contributed by atoms with E-state index >= 15 is 0 Å². The molecule has 29 heavy (non-hydrogen) atoms. The van der Waals surface area contributed by atoms with Crippen LogP contribution in [0.2, 0.25) is 0 Å². The molecule has 2 heterocycles. The van der Waals surface area contributed by atoms with Gasteiger partial charge < -0.3 is 11.1 Å². The summed E-state index contributed by atoms with van der Waals surface area (Å²) in [6.45, 7) is 3.28. The van der Waals surface area contributed by atoms with E-state index in [4.69, 9.17) is 5.73 Å². The van der Waals surface area contributed by atoms with Crippen LogP contribution >= 0.6 is 23.7 Å². The number of carbonyl (C=O) groups excluding carboxylic acids is 1. The minimum atomic E-state index is -0.276. The maximum Gasteiger partial charge on any atom is 0.279 e. The highest BCUT2D eigenvalue weighted by molar-refractivity contribution is 7.21. The lowest BCUT2D eigenvalue weighted by atomic mass is 10.2. The number of nitrogens with two attached hydrogens (primary N) is 1. The Morgan fingerprint density at radius 1 is 1.07 bits per heavy atom. The van der Waals surface area contributed by atoms with Crippen LogP contribution in [0.4, 0.5) is 0 Å². The van der Waals surface area contributed by atoms with Gasteiger partial charge in [-0.3, -0.25) is 9.59 Å². The van der Waals surface area contributed by atoms with Crippen molar-refractivity contribution in [2.24, 2.45) is 5.73 Å². The highest BCUT2D eigenvalue weighted by Gasteiger charge is 2.12. The molecule has 6 nitrogen and oxygen atoms in total. The van der Waals surface area contributed by atoms with Crippen LogP contribution < -0.4 is 16.6 Å². The molecule has 3 aromatic rings. The molecule has 0 atom stereocenters. The van der Waals surface area contributed by atoms with Crippen molar-refractivity contribution in [3.8, 4) is 10.7 Å². The summed E-state index contributed by atoms with van der Waals surface area (Å²) in [6.07, 6.45) is 4.04. The third kappa shape index (κ3) is 5.82. The number of aryl methyl sites for hydroxylation is 1. The molecule has 0 aliphatic rings. The van der Waals surface area contributed by atoms with Gasteiger partial charge in [0.25, 0.3) is 11.5 Å². The maximum atomic E-state index is 12.4. The molecule has 0 radical (unpaired) electrons. The van der Waals surface area contributed by atoms with Gasteiger partial charge in [-0.25, -0.2) is 4.98 Å². The molecule has 0 bridgehead atoms. The van der Waals surface area contributed by atoms with Gasteiger partial charge in [0, 0.05) is 11.2 Å². The molecule has 0 saturated heterocycles. The normalized spacial score (nSPS) is 10.6. The zero-order valence-electron chi connectivity index (χ0n) is 16.3. The third-order valence-electron chi connectivity index (χ3n) is 4.46. The van der Waals surface area contributed by atoms with Crippen LogP contribution in [0, 0.1) is 6.92 Å². The quantitative estimate of drug-likeness (QED) is 0.529. The second-order valence-corrected chi connectivity index (χ2v) is 7.64. The number of fused-ring (bicyclic) bond motifs is 1. The number of hydrogen-bond acceptors (Lipinski definition) is 6. The number of hydrogen-bond donors (Lipinski definition) is 2. The van der Waals surface area contributed by atoms with Crippen LogP contribution in [-0.2, 0) is 0 Å². The number of aromatic nitrogens is 2. The van der Waals surface area contributed by atoms with Crippen molar-refractivity contribution in [2.75, 3.05) is 13.1 Å². The van der Waals surface area contributed by atoms with E-state index in [1.165, 1.54) is 11.3 Å². The SMILES string of the molecule is Cc1cccc2c(=O)nc(-c3cccc(C(=O)NCCCCCCN)n3)sc12.Cl. The Morgan fingerprint density at radius 2 is 1.83 bits per heavy atom. The first kappa shape index (κ1) is 22.9. The highest BCUT2D eigenvalue weighted by atomic mass is 35.5. The predicted octanol–water partition coefficient (Wildman–Crippen LogP) is 3.70. The van der Waals surface area contributed by atoms with Crippen molar-refractivity contribution in [1.82, 2.24) is 15.3 Å². The average molecular weight is 433 g/mol. The van der Waals surface area contributed by atoms with Crippen LogP contribution in [0.15, 0.2) is 41.2 Å². The van der Waals surface area contributed by atoms with E-state index in [1.807, 2.05) is 19.1 Å². The van der Waals surface area contributed by atoms with E-state index in [1.54, 1.807) is 24.3 Å². The Bertz CT molecular complexity index is 1040. The standard InChI is InChI=1S/C21H24N4O2S.ClH/c1-14-8-6-9-15-18(14)28-21(25-19(15)26)17-11-7-10-16(24-17)20(27)23-13-5-3-2-4-12-22;/h6-11H,2-5,12-13,22H2,1H3,(H,23,27);1H. The van der Waals surface area contributed by atoms with E-state index in [0.29, 0.717) is 34.9 Å². The van der Waals surface area contributed by atoms with Gasteiger partial charge in [0.05, 0.1) is 11.1 Å². The number of rotatable bonds is 8. The fourth-order valence-electron chi connectivity index (χ4n) is 2.93. The number of benzene rings is 1. The zero-order valence-corrected chi connectivity index (χ0v) is 17.9. The Morgan fingerprint density at radius 3 is 2.62 bits per heavy atom. The summed E-state index contributed by atoms with van der Waals surface area (Å²) in [5, 5.41) is 4.02. The highest BCUT2D eigenvalue weighted by Crippen LogP contribution is 2.27. The minimum Gasteiger partial charge on any atom is -0.351 e. The average Bonchev–Trinajstić information content (AvgIpc) is 2.71. The van der Waals surface area contributed by atoms with Gasteiger partial charge in [-0.15, -0.1) is 23.7 Å². The number of nitrogens with one attached hydrogen (secondary N) is 1. The number of unbranched alkanes of at least 4 members (excludes halogenated alkanes) is 3. The smallest absolute Gasteiger partial charge is 0.279 e. The van der Waals surface area contributed by atoms with Crippen molar-refractivity contribution in [3.63, 3.8) is 0 Å². The molecule has 8 heteroatoms. The molecule has 1 amide bonds. The topological polar surface area (TPSA) is 98.0 Å². The van der Waals surface area contributed by atoms with Gasteiger partial charge in [-0.1, -0.05) is 31.0 Å². The lowest BCUT2D eigenvalue weighted by molar-refractivity contribution is 0.0948. The molecule has 1 aromatic carbocycles. The van der Waals surface area contributed by atoms with E-state index in [9.17, 15) is 9.59 Å². The van der Waals surface area contributed by atoms with Crippen molar-refractivity contribution >= 4 is 39.7 Å². The van der Waals surface area contributed by atoms with E-state index < -0.39 is 0 Å². The number of carbonyl (C=O) groups is 1. The number of pyridine rings is 1. The number of nitrogens with zero attached hydrogens (tertiary/aromatic N) is 2. The number of halogens is 1. The molecule has 3 rings (SSSR count). The molecule has 154 valence electrons. The van der Waals surface area contributed by atoms with E-state index in [0.717, 1.165) is 35.9 Å². The first-order valence-corrected chi connectivity index (χ1v) is 10.3. The van der Waals surface area contributed by atoms with Gasteiger partial charge in [-0.2, -0.15) is 4.98 Å². The lowest BCUT2D eigenvalue weighted by Gasteiger charge is -2.07. The fourth-order valence-corrected chi connectivity index (χ4v) is 3.97. The summed E-state index contributed by atoms with van der Waals surface area (Å²) in [4.78, 5) is 33.4. The summed E-state index contributed by atoms with van der Waals surface area (Å²) in [5.41, 5.74) is 7.08. The molecule has 0 aliphatic heterocycles. The zero-order chi connectivity index (χ0) is 19.9. The van der Waals surface area contributed by atoms with Crippen molar-refractivity contribution < 1.29 is 4.79 Å². The van der Waals surface area contributed by atoms with E-state index in [-0.39, 0.29) is 23.9 Å². The molecule has 0 saturated carbocycles. The fraction of sp³-hybridized carbons (Fsp3) is 0.333. The summed E-state index contributed by atoms with van der Waals surface area (Å²) in [7, 11) is 0. The molecule has 0 aliphatic carbocycles. The summed E-state index contributed by atoms with van der Waals surface area (Å²) < 4.78 is 0.895. The molecular weight excluding hydrogens is 408 g/mol. The van der Waals surface area contributed by atoms with Crippen LogP contribution in [0.3, 0.4) is 0 Å². The Kier molecular flexibility index (Phi) is 8.70. The van der Waals surface area contributed by atoms with Crippen LogP contribution in [0.25, 0.3) is 20.8 Å². The van der Waals surface area contributed by atoms with Crippen molar-refractivity contribution in [2.45, 2.75) is 32.6 Å². The van der Waals surface area contributed by atoms with Gasteiger partial charge in [0.2, 0.25) is 0 Å². The first-order valence-electron chi connectivity index (χ1n) is 9.46. The summed E-state index contributed by atoms with van der Waals surface area (Å²) >= 11 is 1.41. The maximum absolute atomic E-state index is 12.4. The molecule has 3 N–H and O–H groups in total. The lowest BCUT2D eigenvalue weighted by Crippen LogP contribution is -2.25. The van der Waals surface area contributed by atoms with Gasteiger partial charge in [0.15, 0.2) is 0 Å². The van der Waals surface area contributed by atoms with Crippen LogP contribution in [0.5, 0.6) is 0 Å². The third-order valence-corrected chi connectivity index (χ3v) is 5.70. The molecule has 2 aromatic heterocycles. The van der Waals surface area contributed by atoms with Gasteiger partial charge >= 0.3 is 0 Å². The molecular formula is C21H25ClN4O2S. The van der Waals surface area contributed by atoms with Gasteiger partial charge in [-0.05, 0) is 50.1 Å². The van der Waals surface area contributed by atoms with Crippen molar-refractivity contribution in [3.05, 3.63) is 58.0 Å². The molecule has 0 fully saturated rings. The second kappa shape index (κ2) is 11.0. The van der Waals surface area contributed by atoms with Crippen LogP contribution in [-0.4, -0.2) is 29.0 Å². The first-order chi connectivity index (χ1) is 13.6. The monoisotopic (exact) mass is 432 g/mol. The Balaban J connectivity index is 0.00000300. The minimum absolute atomic E-state index is 0. The Labute approximate surface area is 180 Å². The summed E-state index contributed by atoms with van der Waals surface area (Å²) in [6, 6.07) is 10.8. The predicted molar refractivity (Wildman–Crippen MR) is 121 cm³/mol. The largest absolute Gasteiger partial charge is 0.351 e. The molecule has 0 spiro atoms. The van der Waals surface area contributed by atoms with Crippen LogP contribution in [0.1, 0.15) is 41.7 Å². The summed E-state index contributed by atoms with van der Waals surface area (Å²) in [5.74, 6) is -0.218.